The van der Waals surface area contributed by atoms with Gasteiger partial charge in [-0.05, 0) is 73.4 Å². The zero-order valence-electron chi connectivity index (χ0n) is 18.7. The third kappa shape index (κ3) is 5.94. The number of benzene rings is 2. The normalized spacial score (nSPS) is 17.0. The number of carbonyl (C=O) groups excluding carboxylic acids is 1. The molecular weight excluding hydrogens is 429 g/mol. The van der Waals surface area contributed by atoms with Crippen LogP contribution in [0, 0.1) is 17.2 Å². The van der Waals surface area contributed by atoms with E-state index < -0.39 is 28.3 Å². The largest absolute Gasteiger partial charge is 0.271 e. The third-order valence-electron chi connectivity index (χ3n) is 5.86. The van der Waals surface area contributed by atoms with Gasteiger partial charge in [-0.2, -0.15) is 5.10 Å². The van der Waals surface area contributed by atoms with E-state index in [1.54, 1.807) is 18.2 Å². The predicted octanol–water partition coefficient (Wildman–Crippen LogP) is 4.73. The molecule has 1 amide bonds. The van der Waals surface area contributed by atoms with E-state index in [-0.39, 0.29) is 16.0 Å². The highest BCUT2D eigenvalue weighted by atomic mass is 32.2. The van der Waals surface area contributed by atoms with E-state index in [0.717, 1.165) is 47.8 Å². The number of carbonyl (C=O) groups is 1. The summed E-state index contributed by atoms with van der Waals surface area (Å²) in [7, 11) is -4.03. The topological polar surface area (TPSA) is 78.8 Å². The molecule has 2 aromatic rings. The first-order valence-electron chi connectivity index (χ1n) is 10.7. The Morgan fingerprint density at radius 3 is 2.22 bits per heavy atom. The second-order valence-corrected chi connectivity index (χ2v) is 11.0. The van der Waals surface area contributed by atoms with Crippen LogP contribution in [0.25, 0.3) is 0 Å². The summed E-state index contributed by atoms with van der Waals surface area (Å²) >= 11 is 0. The van der Waals surface area contributed by atoms with E-state index in [1.807, 2.05) is 0 Å². The first-order valence-corrected chi connectivity index (χ1v) is 12.2. The fraction of sp³-hybridized carbons (Fsp3) is 0.417. The van der Waals surface area contributed by atoms with Crippen LogP contribution in [0.15, 0.2) is 64.6 Å². The van der Waals surface area contributed by atoms with Gasteiger partial charge in [-0.15, -0.1) is 0 Å². The Balaban J connectivity index is 1.74. The molecule has 8 heteroatoms. The monoisotopic (exact) mass is 459 g/mol. The zero-order valence-corrected chi connectivity index (χ0v) is 19.5. The van der Waals surface area contributed by atoms with E-state index >= 15 is 0 Å². The number of sulfonamides is 1. The van der Waals surface area contributed by atoms with Gasteiger partial charge in [-0.3, -0.25) is 9.10 Å². The molecule has 172 valence electrons. The van der Waals surface area contributed by atoms with Gasteiger partial charge in [-0.1, -0.05) is 39.0 Å². The lowest BCUT2D eigenvalue weighted by Crippen LogP contribution is -2.40. The molecule has 6 nitrogen and oxygen atoms in total. The molecule has 0 aliphatic heterocycles. The van der Waals surface area contributed by atoms with Crippen molar-refractivity contribution in [3.8, 4) is 0 Å². The lowest BCUT2D eigenvalue weighted by atomic mass is 9.72. The number of halogens is 1. The molecule has 1 fully saturated rings. The molecule has 1 aliphatic rings. The molecule has 0 heterocycles. The van der Waals surface area contributed by atoms with Gasteiger partial charge in [0.1, 0.15) is 12.4 Å². The van der Waals surface area contributed by atoms with Crippen LogP contribution in [0.4, 0.5) is 10.1 Å². The number of hydrazone groups is 1. The SMILES string of the molecule is CC(C)(C)C1CCC(=NNC(=O)CN(c2ccc(F)cc2)S(=O)(=O)c2ccccc2)CC1. The Labute approximate surface area is 189 Å². The lowest BCUT2D eigenvalue weighted by Gasteiger charge is -2.34. The molecular formula is C24H30FN3O3S. The molecule has 0 spiro atoms. The van der Waals surface area contributed by atoms with E-state index in [9.17, 15) is 17.6 Å². The maximum atomic E-state index is 13.4. The molecule has 1 saturated carbocycles. The van der Waals surface area contributed by atoms with Gasteiger partial charge in [0.15, 0.2) is 0 Å². The van der Waals surface area contributed by atoms with E-state index in [1.165, 1.54) is 24.3 Å². The van der Waals surface area contributed by atoms with Crippen molar-refractivity contribution in [2.75, 3.05) is 10.8 Å². The average Bonchev–Trinajstić information content (AvgIpc) is 2.77. The van der Waals surface area contributed by atoms with Crippen LogP contribution in [0.5, 0.6) is 0 Å². The highest BCUT2D eigenvalue weighted by Gasteiger charge is 2.29. The molecule has 0 radical (unpaired) electrons. The van der Waals surface area contributed by atoms with Gasteiger partial charge >= 0.3 is 0 Å². The first-order chi connectivity index (χ1) is 15.1. The second-order valence-electron chi connectivity index (χ2n) is 9.15. The molecule has 0 atom stereocenters. The maximum absolute atomic E-state index is 13.4. The summed E-state index contributed by atoms with van der Waals surface area (Å²) in [5.74, 6) is -0.436. The van der Waals surface area contributed by atoms with Crippen molar-refractivity contribution >= 4 is 27.3 Å². The van der Waals surface area contributed by atoms with Crippen LogP contribution in [-0.2, 0) is 14.8 Å². The highest BCUT2D eigenvalue weighted by molar-refractivity contribution is 7.92. The Hall–Kier alpha value is -2.74. The Kier molecular flexibility index (Phi) is 7.33. The van der Waals surface area contributed by atoms with E-state index in [4.69, 9.17) is 0 Å². The number of nitrogens with one attached hydrogen (secondary N) is 1. The smallest absolute Gasteiger partial charge is 0.264 e. The molecule has 1 aliphatic carbocycles. The minimum absolute atomic E-state index is 0.0453. The fourth-order valence-corrected chi connectivity index (χ4v) is 5.32. The molecule has 3 rings (SSSR count). The van der Waals surface area contributed by atoms with Crippen LogP contribution in [0.2, 0.25) is 0 Å². The Bertz CT molecular complexity index is 1050. The summed E-state index contributed by atoms with van der Waals surface area (Å²) in [4.78, 5) is 12.7. The van der Waals surface area contributed by atoms with Gasteiger partial charge in [0.2, 0.25) is 0 Å². The summed E-state index contributed by atoms with van der Waals surface area (Å²) in [5.41, 5.74) is 3.87. The molecule has 0 saturated heterocycles. The van der Waals surface area contributed by atoms with E-state index in [2.05, 4.69) is 31.3 Å². The van der Waals surface area contributed by atoms with Crippen LogP contribution < -0.4 is 9.73 Å². The van der Waals surface area contributed by atoms with E-state index in [0.29, 0.717) is 5.92 Å². The number of amides is 1. The third-order valence-corrected chi connectivity index (χ3v) is 7.65. The molecule has 1 N–H and O–H groups in total. The maximum Gasteiger partial charge on any atom is 0.264 e. The van der Waals surface area contributed by atoms with Crippen molar-refractivity contribution in [1.82, 2.24) is 5.43 Å². The number of rotatable bonds is 6. The molecule has 0 aromatic heterocycles. The number of nitrogens with zero attached hydrogens (tertiary/aromatic N) is 2. The second kappa shape index (κ2) is 9.81. The lowest BCUT2D eigenvalue weighted by molar-refractivity contribution is -0.119. The summed E-state index contributed by atoms with van der Waals surface area (Å²) in [6.45, 7) is 6.24. The Morgan fingerprint density at radius 2 is 1.66 bits per heavy atom. The van der Waals surface area contributed by atoms with Crippen LogP contribution >= 0.6 is 0 Å². The van der Waals surface area contributed by atoms with Crippen molar-refractivity contribution in [3.05, 3.63) is 60.4 Å². The highest BCUT2D eigenvalue weighted by Crippen LogP contribution is 2.36. The van der Waals surface area contributed by atoms with Gasteiger partial charge in [-0.25, -0.2) is 18.2 Å². The van der Waals surface area contributed by atoms with Gasteiger partial charge in [0.05, 0.1) is 10.6 Å². The average molecular weight is 460 g/mol. The van der Waals surface area contributed by atoms with Gasteiger partial charge in [0.25, 0.3) is 15.9 Å². The molecule has 0 unspecified atom stereocenters. The number of hydrogen-bond donors (Lipinski definition) is 1. The minimum Gasteiger partial charge on any atom is -0.271 e. The summed E-state index contributed by atoms with van der Waals surface area (Å²) in [6, 6.07) is 12.8. The Morgan fingerprint density at radius 1 is 1.06 bits per heavy atom. The number of hydrogen-bond acceptors (Lipinski definition) is 4. The zero-order chi connectivity index (χ0) is 23.4. The van der Waals surface area contributed by atoms with Gasteiger partial charge < -0.3 is 0 Å². The predicted molar refractivity (Wildman–Crippen MR) is 124 cm³/mol. The fourth-order valence-electron chi connectivity index (χ4n) is 3.88. The first kappa shape index (κ1) is 23.9. The summed E-state index contributed by atoms with van der Waals surface area (Å²) in [6.07, 6.45) is 3.66. The van der Waals surface area contributed by atoms with Crippen molar-refractivity contribution < 1.29 is 17.6 Å². The standard InChI is InChI=1S/C24H30FN3O3S/c1-24(2,3)18-9-13-20(14-10-18)26-27-23(29)17-28(21-15-11-19(25)12-16-21)32(30,31)22-7-5-4-6-8-22/h4-8,11-12,15-16,18H,9-10,13-14,17H2,1-3H3,(H,27,29). The van der Waals surface area contributed by atoms with Gasteiger partial charge in [0, 0.05) is 5.71 Å². The molecule has 2 aromatic carbocycles. The quantitative estimate of drug-likeness (QED) is 0.635. The number of anilines is 1. The molecule has 32 heavy (non-hydrogen) atoms. The van der Waals surface area contributed by atoms with Crippen molar-refractivity contribution in [2.45, 2.75) is 51.3 Å². The van der Waals surface area contributed by atoms with Crippen molar-refractivity contribution in [2.24, 2.45) is 16.4 Å². The molecule has 0 bridgehead atoms. The summed E-state index contributed by atoms with van der Waals surface area (Å²) < 4.78 is 40.8. The van der Waals surface area contributed by atoms with Crippen LogP contribution in [-0.4, -0.2) is 26.6 Å². The van der Waals surface area contributed by atoms with Crippen LogP contribution in [0.3, 0.4) is 0 Å². The van der Waals surface area contributed by atoms with Crippen molar-refractivity contribution in [1.29, 1.82) is 0 Å². The van der Waals surface area contributed by atoms with Crippen molar-refractivity contribution in [3.63, 3.8) is 0 Å². The summed E-state index contributed by atoms with van der Waals surface area (Å²) in [5, 5.41) is 4.25. The van der Waals surface area contributed by atoms with Crippen LogP contribution in [0.1, 0.15) is 46.5 Å². The minimum atomic E-state index is -4.03.